The smallest absolute Gasteiger partial charge is 0.193 e. The molecule has 0 radical (unpaired) electrons. The average molecular weight is 300 g/mol. The lowest BCUT2D eigenvalue weighted by Gasteiger charge is -2.15. The quantitative estimate of drug-likeness (QED) is 0.387. The maximum atomic E-state index is 12.8. The molecule has 2 aromatic carbocycles. The number of nitrogens with two attached hydrogens (primary N) is 2. The highest BCUT2D eigenvalue weighted by Gasteiger charge is 2.21. The predicted molar refractivity (Wildman–Crippen MR) is 87.4 cm³/mol. The van der Waals surface area contributed by atoms with Crippen molar-refractivity contribution < 1.29 is 15.0 Å². The molecule has 0 aromatic heterocycles. The van der Waals surface area contributed by atoms with Crippen LogP contribution in [-0.2, 0) is 0 Å². The van der Waals surface area contributed by atoms with Gasteiger partial charge in [-0.2, -0.15) is 0 Å². The Bertz CT molecular complexity index is 730. The summed E-state index contributed by atoms with van der Waals surface area (Å²) in [5.74, 6) is -0.251. The van der Waals surface area contributed by atoms with E-state index in [2.05, 4.69) is 0 Å². The molecule has 0 atom stereocenters. The number of aryl methyl sites for hydroxylation is 2. The third kappa shape index (κ3) is 2.24. The molecule has 2 aromatic rings. The molecule has 5 nitrogen and oxygen atoms in total. The van der Waals surface area contributed by atoms with Gasteiger partial charge >= 0.3 is 0 Å². The summed E-state index contributed by atoms with van der Waals surface area (Å²) in [6.45, 7) is 6.75. The highest BCUT2D eigenvalue weighted by Crippen LogP contribution is 2.35. The number of benzene rings is 2. The van der Waals surface area contributed by atoms with E-state index in [9.17, 15) is 15.0 Å². The first-order valence-corrected chi connectivity index (χ1v) is 6.88. The van der Waals surface area contributed by atoms with Crippen LogP contribution in [-0.4, -0.2) is 16.0 Å². The fraction of sp³-hybridized carbons (Fsp3) is 0.235. The maximum Gasteiger partial charge on any atom is 0.193 e. The molecule has 0 bridgehead atoms. The average Bonchev–Trinajstić information content (AvgIpc) is 2.49. The number of carbonyl (C=O) groups excluding carboxylic acids is 1. The van der Waals surface area contributed by atoms with Crippen LogP contribution in [0, 0.1) is 27.7 Å². The standard InChI is InChI=1S/C17H20N2O3/c1-7-5-11(9(3)13(18)15(7)20)17(22)12-6-8(2)16(21)14(19)10(12)4/h5-6,20-21H,18-19H2,1-4H3. The van der Waals surface area contributed by atoms with Gasteiger partial charge in [0.1, 0.15) is 11.5 Å². The Morgan fingerprint density at radius 2 is 1.14 bits per heavy atom. The Hall–Kier alpha value is -2.69. The van der Waals surface area contributed by atoms with Gasteiger partial charge in [-0.3, -0.25) is 4.79 Å². The Balaban J connectivity index is 2.69. The van der Waals surface area contributed by atoms with Crippen molar-refractivity contribution in [2.24, 2.45) is 0 Å². The molecule has 22 heavy (non-hydrogen) atoms. The number of carbonyl (C=O) groups is 1. The van der Waals surface area contributed by atoms with Crippen molar-refractivity contribution in [2.75, 3.05) is 11.5 Å². The molecule has 0 unspecified atom stereocenters. The molecule has 6 N–H and O–H groups in total. The van der Waals surface area contributed by atoms with Gasteiger partial charge in [-0.05, 0) is 62.1 Å². The van der Waals surface area contributed by atoms with Crippen molar-refractivity contribution in [1.82, 2.24) is 0 Å². The van der Waals surface area contributed by atoms with Crippen LogP contribution in [0.1, 0.15) is 38.2 Å². The van der Waals surface area contributed by atoms with Gasteiger partial charge in [0.2, 0.25) is 0 Å². The van der Waals surface area contributed by atoms with Crippen molar-refractivity contribution in [1.29, 1.82) is 0 Å². The molecule has 0 heterocycles. The predicted octanol–water partition coefficient (Wildman–Crippen LogP) is 2.73. The van der Waals surface area contributed by atoms with Crippen molar-refractivity contribution in [3.8, 4) is 11.5 Å². The van der Waals surface area contributed by atoms with Crippen molar-refractivity contribution in [2.45, 2.75) is 27.7 Å². The monoisotopic (exact) mass is 300 g/mol. The maximum absolute atomic E-state index is 12.8. The van der Waals surface area contributed by atoms with Crippen molar-refractivity contribution in [3.05, 3.63) is 45.5 Å². The van der Waals surface area contributed by atoms with Gasteiger partial charge in [-0.25, -0.2) is 0 Å². The first-order chi connectivity index (χ1) is 10.2. The highest BCUT2D eigenvalue weighted by molar-refractivity contribution is 6.12. The van der Waals surface area contributed by atoms with E-state index in [-0.39, 0.29) is 28.7 Å². The molecule has 0 aliphatic rings. The van der Waals surface area contributed by atoms with E-state index in [1.54, 1.807) is 39.8 Å². The van der Waals surface area contributed by atoms with E-state index in [0.29, 0.717) is 33.4 Å². The van der Waals surface area contributed by atoms with Gasteiger partial charge < -0.3 is 21.7 Å². The van der Waals surface area contributed by atoms with Crippen molar-refractivity contribution in [3.63, 3.8) is 0 Å². The number of rotatable bonds is 2. The van der Waals surface area contributed by atoms with Gasteiger partial charge in [0, 0.05) is 11.1 Å². The second-order valence-electron chi connectivity index (χ2n) is 5.59. The Morgan fingerprint density at radius 3 is 1.45 bits per heavy atom. The third-order valence-corrected chi connectivity index (χ3v) is 4.08. The molecule has 0 aliphatic heterocycles. The third-order valence-electron chi connectivity index (χ3n) is 4.08. The molecule has 5 heteroatoms. The summed E-state index contributed by atoms with van der Waals surface area (Å²) in [6, 6.07) is 3.22. The van der Waals surface area contributed by atoms with Crippen LogP contribution >= 0.6 is 0 Å². The minimum atomic E-state index is -0.236. The summed E-state index contributed by atoms with van der Waals surface area (Å²) in [7, 11) is 0. The topological polar surface area (TPSA) is 110 Å². The van der Waals surface area contributed by atoms with Crippen molar-refractivity contribution >= 4 is 17.2 Å². The largest absolute Gasteiger partial charge is 0.506 e. The molecule has 0 aliphatic carbocycles. The van der Waals surface area contributed by atoms with Gasteiger partial charge in [-0.1, -0.05) is 0 Å². The summed E-state index contributed by atoms with van der Waals surface area (Å²) in [5, 5.41) is 19.7. The number of phenolic OH excluding ortho intramolecular Hbond substituents is 2. The first kappa shape index (κ1) is 15.7. The van der Waals surface area contributed by atoms with E-state index in [4.69, 9.17) is 11.5 Å². The second-order valence-corrected chi connectivity index (χ2v) is 5.59. The van der Waals surface area contributed by atoms with Crippen LogP contribution in [0.2, 0.25) is 0 Å². The minimum Gasteiger partial charge on any atom is -0.506 e. The first-order valence-electron chi connectivity index (χ1n) is 6.88. The molecular weight excluding hydrogens is 280 g/mol. The van der Waals surface area contributed by atoms with Crippen LogP contribution in [0.15, 0.2) is 12.1 Å². The SMILES string of the molecule is Cc1cc(C(=O)c2cc(C)c(O)c(N)c2C)c(C)c(N)c1O. The molecule has 0 amide bonds. The molecular formula is C17H20N2O3. The Labute approximate surface area is 129 Å². The normalized spacial score (nSPS) is 10.7. The Morgan fingerprint density at radius 1 is 0.818 bits per heavy atom. The number of aromatic hydroxyl groups is 2. The van der Waals surface area contributed by atoms with Crippen LogP contribution in [0.5, 0.6) is 11.5 Å². The fourth-order valence-corrected chi connectivity index (χ4v) is 2.47. The summed E-state index contributed by atoms with van der Waals surface area (Å²) in [5.41, 5.74) is 15.1. The van der Waals surface area contributed by atoms with E-state index < -0.39 is 0 Å². The number of phenols is 2. The van der Waals surface area contributed by atoms with Crippen LogP contribution < -0.4 is 11.5 Å². The number of anilines is 2. The molecule has 0 spiro atoms. The molecule has 0 fully saturated rings. The molecule has 0 saturated carbocycles. The number of nitrogen functional groups attached to an aromatic ring is 2. The van der Waals surface area contributed by atoms with Gasteiger partial charge in [-0.15, -0.1) is 0 Å². The molecule has 2 rings (SSSR count). The molecule has 0 saturated heterocycles. The zero-order valence-electron chi connectivity index (χ0n) is 13.1. The summed E-state index contributed by atoms with van der Waals surface area (Å²) in [6.07, 6.45) is 0. The van der Waals surface area contributed by atoms with Gasteiger partial charge in [0.15, 0.2) is 5.78 Å². The Kier molecular flexibility index (Phi) is 3.75. The van der Waals surface area contributed by atoms with E-state index in [1.807, 2.05) is 0 Å². The lowest BCUT2D eigenvalue weighted by molar-refractivity contribution is 0.103. The lowest BCUT2D eigenvalue weighted by Crippen LogP contribution is -2.10. The van der Waals surface area contributed by atoms with Crippen LogP contribution in [0.25, 0.3) is 0 Å². The van der Waals surface area contributed by atoms with E-state index in [1.165, 1.54) is 0 Å². The summed E-state index contributed by atoms with van der Waals surface area (Å²) in [4.78, 5) is 12.8. The van der Waals surface area contributed by atoms with Gasteiger partial charge in [0.25, 0.3) is 0 Å². The zero-order valence-corrected chi connectivity index (χ0v) is 13.1. The zero-order chi connectivity index (χ0) is 16.8. The van der Waals surface area contributed by atoms with Gasteiger partial charge in [0.05, 0.1) is 11.4 Å². The number of hydrogen-bond acceptors (Lipinski definition) is 5. The van der Waals surface area contributed by atoms with E-state index >= 15 is 0 Å². The lowest BCUT2D eigenvalue weighted by atomic mass is 9.91. The highest BCUT2D eigenvalue weighted by atomic mass is 16.3. The molecule has 116 valence electrons. The fourth-order valence-electron chi connectivity index (χ4n) is 2.47. The number of ketones is 1. The minimum absolute atomic E-state index is 0.00725. The van der Waals surface area contributed by atoms with Crippen LogP contribution in [0.4, 0.5) is 11.4 Å². The number of hydrogen-bond donors (Lipinski definition) is 4. The summed E-state index contributed by atoms with van der Waals surface area (Å²) >= 11 is 0. The second kappa shape index (κ2) is 5.26. The summed E-state index contributed by atoms with van der Waals surface area (Å²) < 4.78 is 0. The van der Waals surface area contributed by atoms with E-state index in [0.717, 1.165) is 0 Å². The van der Waals surface area contributed by atoms with Crippen LogP contribution in [0.3, 0.4) is 0 Å².